The molecule has 0 unspecified atom stereocenters. The van der Waals surface area contributed by atoms with Gasteiger partial charge in [-0.15, -0.1) is 11.8 Å². The third-order valence-corrected chi connectivity index (χ3v) is 4.73. The molecule has 1 aromatic carbocycles. The molecule has 0 radical (unpaired) electrons. The highest BCUT2D eigenvalue weighted by Gasteiger charge is 2.20. The Morgan fingerprint density at radius 3 is 2.76 bits per heavy atom. The zero-order valence-electron chi connectivity index (χ0n) is 11.9. The van der Waals surface area contributed by atoms with Crippen LogP contribution in [0.4, 0.5) is 5.82 Å². The Kier molecular flexibility index (Phi) is 4.60. The number of benzene rings is 1. The molecule has 1 aliphatic rings. The van der Waals surface area contributed by atoms with Crippen molar-refractivity contribution >= 4 is 23.5 Å². The van der Waals surface area contributed by atoms with Gasteiger partial charge in [-0.25, -0.2) is 4.68 Å². The van der Waals surface area contributed by atoms with E-state index in [0.29, 0.717) is 11.8 Å². The maximum atomic E-state index is 12.1. The van der Waals surface area contributed by atoms with Crippen molar-refractivity contribution in [2.75, 3.05) is 11.1 Å². The summed E-state index contributed by atoms with van der Waals surface area (Å²) in [5.41, 5.74) is 0. The Hall–Kier alpha value is -1.75. The number of amides is 1. The lowest BCUT2D eigenvalue weighted by Crippen LogP contribution is -2.19. The molecule has 1 amide bonds. The van der Waals surface area contributed by atoms with E-state index in [9.17, 15) is 4.79 Å². The molecule has 1 heterocycles. The molecule has 1 fully saturated rings. The Morgan fingerprint density at radius 1 is 1.24 bits per heavy atom. The molecule has 4 nitrogen and oxygen atoms in total. The number of nitrogens with one attached hydrogen (secondary N) is 1. The quantitative estimate of drug-likeness (QED) is 0.856. The Balaban J connectivity index is 1.56. The third-order valence-electron chi connectivity index (χ3n) is 3.72. The number of anilines is 1. The van der Waals surface area contributed by atoms with Crippen LogP contribution < -0.4 is 5.32 Å². The fourth-order valence-corrected chi connectivity index (χ4v) is 3.42. The van der Waals surface area contributed by atoms with Gasteiger partial charge in [-0.2, -0.15) is 5.10 Å². The van der Waals surface area contributed by atoms with Crippen LogP contribution in [0.3, 0.4) is 0 Å². The van der Waals surface area contributed by atoms with Crippen LogP contribution >= 0.6 is 11.8 Å². The molecule has 0 aliphatic heterocycles. The highest BCUT2D eigenvalue weighted by molar-refractivity contribution is 8.00. The van der Waals surface area contributed by atoms with Crippen molar-refractivity contribution in [1.29, 1.82) is 0 Å². The summed E-state index contributed by atoms with van der Waals surface area (Å²) < 4.78 is 1.97. The molecule has 5 heteroatoms. The number of rotatable bonds is 5. The molecule has 0 atom stereocenters. The zero-order valence-corrected chi connectivity index (χ0v) is 12.7. The van der Waals surface area contributed by atoms with Crippen LogP contribution in [0.2, 0.25) is 0 Å². The maximum absolute atomic E-state index is 12.1. The lowest BCUT2D eigenvalue weighted by molar-refractivity contribution is -0.113. The van der Waals surface area contributed by atoms with Crippen LogP contribution in [-0.4, -0.2) is 21.4 Å². The topological polar surface area (TPSA) is 46.9 Å². The number of carbonyl (C=O) groups excluding carboxylic acids is 1. The third kappa shape index (κ3) is 3.67. The van der Waals surface area contributed by atoms with Crippen molar-refractivity contribution in [2.24, 2.45) is 0 Å². The van der Waals surface area contributed by atoms with Crippen molar-refractivity contribution in [3.05, 3.63) is 42.6 Å². The van der Waals surface area contributed by atoms with Crippen LogP contribution in [0, 0.1) is 0 Å². The summed E-state index contributed by atoms with van der Waals surface area (Å²) in [6.45, 7) is 0. The van der Waals surface area contributed by atoms with Gasteiger partial charge >= 0.3 is 0 Å². The average molecular weight is 301 g/mol. The van der Waals surface area contributed by atoms with Gasteiger partial charge in [0.25, 0.3) is 0 Å². The number of hydrogen-bond acceptors (Lipinski definition) is 3. The van der Waals surface area contributed by atoms with Gasteiger partial charge in [0.15, 0.2) is 0 Å². The molecular weight excluding hydrogens is 282 g/mol. The Bertz CT molecular complexity index is 591. The SMILES string of the molecule is O=C(CSc1ccccc1)Nc1ccnn1C1CCCC1. The Labute approximate surface area is 128 Å². The van der Waals surface area contributed by atoms with Crippen molar-refractivity contribution in [1.82, 2.24) is 9.78 Å². The Morgan fingerprint density at radius 2 is 2.00 bits per heavy atom. The summed E-state index contributed by atoms with van der Waals surface area (Å²) >= 11 is 1.55. The monoisotopic (exact) mass is 301 g/mol. The first kappa shape index (κ1) is 14.2. The van der Waals surface area contributed by atoms with Gasteiger partial charge in [-0.05, 0) is 25.0 Å². The van der Waals surface area contributed by atoms with E-state index in [-0.39, 0.29) is 5.91 Å². The second-order valence-corrected chi connectivity index (χ2v) is 6.30. The number of aromatic nitrogens is 2. The minimum Gasteiger partial charge on any atom is -0.310 e. The van der Waals surface area contributed by atoms with E-state index in [4.69, 9.17) is 0 Å². The highest BCUT2D eigenvalue weighted by atomic mass is 32.2. The number of thioether (sulfide) groups is 1. The van der Waals surface area contributed by atoms with Gasteiger partial charge in [0.1, 0.15) is 5.82 Å². The average Bonchev–Trinajstić information content (AvgIpc) is 3.17. The molecule has 3 rings (SSSR count). The van der Waals surface area contributed by atoms with Crippen molar-refractivity contribution < 1.29 is 4.79 Å². The fourth-order valence-electron chi connectivity index (χ4n) is 2.70. The van der Waals surface area contributed by atoms with Gasteiger partial charge in [-0.3, -0.25) is 4.79 Å². The fraction of sp³-hybridized carbons (Fsp3) is 0.375. The minimum atomic E-state index is 0.0172. The molecule has 0 saturated heterocycles. The smallest absolute Gasteiger partial charge is 0.235 e. The molecule has 0 spiro atoms. The van der Waals surface area contributed by atoms with E-state index in [0.717, 1.165) is 23.6 Å². The van der Waals surface area contributed by atoms with Crippen molar-refractivity contribution in [2.45, 2.75) is 36.6 Å². The normalized spacial score (nSPS) is 15.2. The van der Waals surface area contributed by atoms with Crippen LogP contribution in [0.15, 0.2) is 47.5 Å². The molecule has 1 N–H and O–H groups in total. The van der Waals surface area contributed by atoms with Gasteiger partial charge in [-0.1, -0.05) is 31.0 Å². The van der Waals surface area contributed by atoms with Gasteiger partial charge in [0.05, 0.1) is 18.0 Å². The molecule has 1 aliphatic carbocycles. The summed E-state index contributed by atoms with van der Waals surface area (Å²) in [4.78, 5) is 13.2. The van der Waals surface area contributed by atoms with Crippen LogP contribution in [0.25, 0.3) is 0 Å². The second kappa shape index (κ2) is 6.80. The molecular formula is C16H19N3OS. The summed E-state index contributed by atoms with van der Waals surface area (Å²) in [5, 5.41) is 7.34. The van der Waals surface area contributed by atoms with E-state index < -0.39 is 0 Å². The molecule has 1 saturated carbocycles. The molecule has 1 aromatic heterocycles. The summed E-state index contributed by atoms with van der Waals surface area (Å²) in [6, 6.07) is 12.3. The predicted octanol–water partition coefficient (Wildman–Crippen LogP) is 3.73. The van der Waals surface area contributed by atoms with E-state index in [1.807, 2.05) is 41.1 Å². The van der Waals surface area contributed by atoms with Gasteiger partial charge in [0.2, 0.25) is 5.91 Å². The predicted molar refractivity (Wildman–Crippen MR) is 85.5 cm³/mol. The first-order chi connectivity index (χ1) is 10.3. The first-order valence-electron chi connectivity index (χ1n) is 7.34. The second-order valence-electron chi connectivity index (χ2n) is 5.25. The molecule has 0 bridgehead atoms. The van der Waals surface area contributed by atoms with Crippen molar-refractivity contribution in [3.8, 4) is 0 Å². The number of nitrogens with zero attached hydrogens (tertiary/aromatic N) is 2. The van der Waals surface area contributed by atoms with E-state index >= 15 is 0 Å². The van der Waals surface area contributed by atoms with Crippen LogP contribution in [0.5, 0.6) is 0 Å². The van der Waals surface area contributed by atoms with E-state index in [1.165, 1.54) is 12.8 Å². The van der Waals surface area contributed by atoms with Crippen LogP contribution in [-0.2, 0) is 4.79 Å². The number of hydrogen-bond donors (Lipinski definition) is 1. The maximum Gasteiger partial charge on any atom is 0.235 e. The first-order valence-corrected chi connectivity index (χ1v) is 8.33. The number of carbonyl (C=O) groups is 1. The standard InChI is InChI=1S/C16H19N3OS/c20-16(12-21-14-8-2-1-3-9-14)18-15-10-11-17-19(15)13-6-4-5-7-13/h1-3,8-11,13H,4-7,12H2,(H,18,20). The van der Waals surface area contributed by atoms with Gasteiger partial charge < -0.3 is 5.32 Å². The highest BCUT2D eigenvalue weighted by Crippen LogP contribution is 2.31. The lowest BCUT2D eigenvalue weighted by atomic mass is 10.2. The summed E-state index contributed by atoms with van der Waals surface area (Å²) in [6.07, 6.45) is 6.58. The summed E-state index contributed by atoms with van der Waals surface area (Å²) in [7, 11) is 0. The zero-order chi connectivity index (χ0) is 14.5. The van der Waals surface area contributed by atoms with Crippen molar-refractivity contribution in [3.63, 3.8) is 0 Å². The lowest BCUT2D eigenvalue weighted by Gasteiger charge is -2.14. The molecule has 2 aromatic rings. The van der Waals surface area contributed by atoms with Crippen LogP contribution in [0.1, 0.15) is 31.7 Å². The minimum absolute atomic E-state index is 0.0172. The molecule has 110 valence electrons. The van der Waals surface area contributed by atoms with E-state index in [2.05, 4.69) is 10.4 Å². The molecule has 21 heavy (non-hydrogen) atoms. The van der Waals surface area contributed by atoms with Gasteiger partial charge in [0, 0.05) is 11.0 Å². The largest absolute Gasteiger partial charge is 0.310 e. The van der Waals surface area contributed by atoms with E-state index in [1.54, 1.807) is 18.0 Å². The summed E-state index contributed by atoms with van der Waals surface area (Å²) in [5.74, 6) is 1.25.